The molecule has 11 aromatic rings. The number of fused-ring (bicyclic) bond motifs is 11. The average Bonchev–Trinajstić information content (AvgIpc) is 3.92. The van der Waals surface area contributed by atoms with E-state index in [0.29, 0.717) is 5.89 Å². The van der Waals surface area contributed by atoms with Crippen LogP contribution in [0.5, 0.6) is 0 Å². The predicted molar refractivity (Wildman–Crippen MR) is 207 cm³/mol. The number of para-hydroxylation sites is 1. The van der Waals surface area contributed by atoms with Gasteiger partial charge < -0.3 is 13.7 Å². The van der Waals surface area contributed by atoms with E-state index in [-0.39, 0.29) is 0 Å². The molecule has 4 aromatic heterocycles. The lowest BCUT2D eigenvalue weighted by Crippen LogP contribution is -2.09. The first-order chi connectivity index (χ1) is 24.2. The third-order valence-electron chi connectivity index (χ3n) is 9.51. The second-order valence-corrected chi connectivity index (χ2v) is 14.5. The Balaban J connectivity index is 1.06. The smallest absolute Gasteiger partial charge is 0.227 e. The number of benzene rings is 7. The van der Waals surface area contributed by atoms with Crippen LogP contribution < -0.4 is 4.90 Å². The van der Waals surface area contributed by atoms with Crippen molar-refractivity contribution in [1.82, 2.24) is 4.98 Å². The molecule has 11 rings (SSSR count). The molecule has 0 aliphatic heterocycles. The Kier molecular flexibility index (Phi) is 5.67. The van der Waals surface area contributed by atoms with Crippen molar-refractivity contribution < 1.29 is 8.83 Å². The van der Waals surface area contributed by atoms with E-state index in [0.717, 1.165) is 55.7 Å². The van der Waals surface area contributed by atoms with E-state index in [2.05, 4.69) is 120 Å². The van der Waals surface area contributed by atoms with Crippen molar-refractivity contribution >= 4 is 113 Å². The Morgan fingerprint density at radius 1 is 0.429 bits per heavy atom. The van der Waals surface area contributed by atoms with Crippen LogP contribution >= 0.6 is 22.7 Å². The van der Waals surface area contributed by atoms with Gasteiger partial charge in [0.1, 0.15) is 16.7 Å². The summed E-state index contributed by atoms with van der Waals surface area (Å²) in [6.45, 7) is 0. The van der Waals surface area contributed by atoms with Crippen LogP contribution in [0.4, 0.5) is 17.1 Å². The summed E-state index contributed by atoms with van der Waals surface area (Å²) in [4.78, 5) is 7.35. The highest BCUT2D eigenvalue weighted by atomic mass is 32.1. The molecular formula is C43H24N2O2S2. The number of nitrogens with zero attached hydrogens (tertiary/aromatic N) is 2. The van der Waals surface area contributed by atoms with Gasteiger partial charge in [0.25, 0.3) is 0 Å². The number of anilines is 3. The quantitative estimate of drug-likeness (QED) is 0.188. The summed E-state index contributed by atoms with van der Waals surface area (Å²) >= 11 is 3.68. The fourth-order valence-corrected chi connectivity index (χ4v) is 9.46. The topological polar surface area (TPSA) is 42.4 Å². The van der Waals surface area contributed by atoms with Gasteiger partial charge in [-0.25, -0.2) is 4.98 Å². The maximum Gasteiger partial charge on any atom is 0.227 e. The molecule has 0 amide bonds. The standard InChI is InChI=1S/C43H24N2O2S2/c1-4-10-34-32(9-1)41-35(46-34)20-21-36-42(41)44-43(47-36)25-13-15-26(16-14-25)45(27-18-22-39-33(23-27)30-8-3-6-12-38(30)48-39)28-17-19-31-29-7-2-5-11-37(29)49-40(31)24-28/h1-24H. The zero-order valence-corrected chi connectivity index (χ0v) is 27.5. The largest absolute Gasteiger partial charge is 0.456 e. The highest BCUT2D eigenvalue weighted by molar-refractivity contribution is 7.26. The fraction of sp³-hybridized carbons (Fsp3) is 0. The molecule has 230 valence electrons. The number of furan rings is 1. The maximum atomic E-state index is 6.34. The summed E-state index contributed by atoms with van der Waals surface area (Å²) in [6, 6.07) is 51.5. The van der Waals surface area contributed by atoms with E-state index in [4.69, 9.17) is 13.8 Å². The summed E-state index contributed by atoms with van der Waals surface area (Å²) < 4.78 is 17.6. The zero-order chi connectivity index (χ0) is 32.1. The molecule has 0 radical (unpaired) electrons. The third-order valence-corrected chi connectivity index (χ3v) is 11.8. The molecule has 4 heterocycles. The van der Waals surface area contributed by atoms with E-state index >= 15 is 0 Å². The molecule has 0 unspecified atom stereocenters. The maximum absolute atomic E-state index is 6.34. The Morgan fingerprint density at radius 3 is 1.88 bits per heavy atom. The summed E-state index contributed by atoms with van der Waals surface area (Å²) in [5, 5.41) is 7.17. The minimum atomic E-state index is 0.587. The van der Waals surface area contributed by atoms with Crippen LogP contribution in [-0.2, 0) is 0 Å². The van der Waals surface area contributed by atoms with Gasteiger partial charge in [-0.3, -0.25) is 0 Å². The number of hydrogen-bond donors (Lipinski definition) is 0. The SMILES string of the molecule is c1ccc2c(c1)oc1ccc3oc(-c4ccc(N(c5ccc6c(c5)sc5ccccc56)c5ccc6sc7ccccc7c6c5)cc4)nc3c12. The summed E-state index contributed by atoms with van der Waals surface area (Å²) in [5.74, 6) is 0.587. The van der Waals surface area contributed by atoms with E-state index < -0.39 is 0 Å². The van der Waals surface area contributed by atoms with Crippen LogP contribution in [-0.4, -0.2) is 4.98 Å². The van der Waals surface area contributed by atoms with Gasteiger partial charge in [-0.05, 0) is 84.9 Å². The van der Waals surface area contributed by atoms with E-state index in [1.807, 2.05) is 53.0 Å². The molecule has 0 bridgehead atoms. The molecule has 0 aliphatic rings. The zero-order valence-electron chi connectivity index (χ0n) is 25.9. The van der Waals surface area contributed by atoms with Gasteiger partial charge in [0, 0.05) is 68.4 Å². The Bertz CT molecular complexity index is 3070. The van der Waals surface area contributed by atoms with E-state index in [1.54, 1.807) is 0 Å². The van der Waals surface area contributed by atoms with Crippen molar-refractivity contribution in [1.29, 1.82) is 0 Å². The van der Waals surface area contributed by atoms with Gasteiger partial charge in [0.15, 0.2) is 5.58 Å². The normalized spacial score (nSPS) is 12.1. The van der Waals surface area contributed by atoms with Crippen molar-refractivity contribution in [2.75, 3.05) is 4.90 Å². The Labute approximate surface area is 287 Å². The van der Waals surface area contributed by atoms with Crippen LogP contribution in [0.15, 0.2) is 154 Å². The minimum Gasteiger partial charge on any atom is -0.456 e. The van der Waals surface area contributed by atoms with Crippen LogP contribution in [0.1, 0.15) is 0 Å². The van der Waals surface area contributed by atoms with Gasteiger partial charge in [-0.2, -0.15) is 0 Å². The molecule has 6 heteroatoms. The molecule has 0 atom stereocenters. The minimum absolute atomic E-state index is 0.587. The predicted octanol–water partition coefficient (Wildman–Crippen LogP) is 13.6. The van der Waals surface area contributed by atoms with Crippen molar-refractivity contribution in [3.05, 3.63) is 146 Å². The molecule has 0 aliphatic carbocycles. The van der Waals surface area contributed by atoms with Crippen LogP contribution in [0.3, 0.4) is 0 Å². The monoisotopic (exact) mass is 664 g/mol. The fourth-order valence-electron chi connectivity index (χ4n) is 7.23. The lowest BCUT2D eigenvalue weighted by molar-refractivity contribution is 0.619. The number of thiophene rings is 2. The lowest BCUT2D eigenvalue weighted by atomic mass is 10.1. The molecule has 49 heavy (non-hydrogen) atoms. The highest BCUT2D eigenvalue weighted by Crippen LogP contribution is 2.44. The van der Waals surface area contributed by atoms with Gasteiger partial charge in [-0.1, -0.05) is 60.7 Å². The molecule has 0 saturated heterocycles. The van der Waals surface area contributed by atoms with E-state index in [1.165, 1.54) is 40.3 Å². The first-order valence-electron chi connectivity index (χ1n) is 16.2. The summed E-state index contributed by atoms with van der Waals surface area (Å²) in [6.07, 6.45) is 0. The van der Waals surface area contributed by atoms with Gasteiger partial charge in [-0.15, -0.1) is 22.7 Å². The van der Waals surface area contributed by atoms with Crippen molar-refractivity contribution in [2.45, 2.75) is 0 Å². The molecule has 0 N–H and O–H groups in total. The Hall–Kier alpha value is -5.95. The third kappa shape index (κ3) is 4.11. The second kappa shape index (κ2) is 10.3. The van der Waals surface area contributed by atoms with Gasteiger partial charge >= 0.3 is 0 Å². The molecule has 4 nitrogen and oxygen atoms in total. The first-order valence-corrected chi connectivity index (χ1v) is 17.8. The van der Waals surface area contributed by atoms with Crippen molar-refractivity contribution in [3.63, 3.8) is 0 Å². The van der Waals surface area contributed by atoms with Crippen molar-refractivity contribution in [3.8, 4) is 11.5 Å². The highest BCUT2D eigenvalue weighted by Gasteiger charge is 2.19. The average molecular weight is 665 g/mol. The lowest BCUT2D eigenvalue weighted by Gasteiger charge is -2.26. The number of hydrogen-bond acceptors (Lipinski definition) is 6. The van der Waals surface area contributed by atoms with Crippen molar-refractivity contribution in [2.24, 2.45) is 0 Å². The number of oxazole rings is 1. The molecule has 0 spiro atoms. The first kappa shape index (κ1) is 27.0. The van der Waals surface area contributed by atoms with Gasteiger partial charge in [0.05, 0.1) is 5.39 Å². The molecular weight excluding hydrogens is 641 g/mol. The van der Waals surface area contributed by atoms with Crippen LogP contribution in [0, 0.1) is 0 Å². The molecule has 7 aromatic carbocycles. The second-order valence-electron chi connectivity index (χ2n) is 12.3. The van der Waals surface area contributed by atoms with Crippen LogP contribution in [0.25, 0.3) is 84.8 Å². The number of aromatic nitrogens is 1. The van der Waals surface area contributed by atoms with Crippen LogP contribution in [0.2, 0.25) is 0 Å². The summed E-state index contributed by atoms with van der Waals surface area (Å²) in [7, 11) is 0. The number of rotatable bonds is 4. The molecule has 0 fully saturated rings. The van der Waals surface area contributed by atoms with E-state index in [9.17, 15) is 0 Å². The van der Waals surface area contributed by atoms with Gasteiger partial charge in [0.2, 0.25) is 5.89 Å². The molecule has 0 saturated carbocycles. The Morgan fingerprint density at radius 2 is 1.04 bits per heavy atom. The summed E-state index contributed by atoms with van der Waals surface area (Å²) in [5.41, 5.74) is 7.42.